The zero-order valence-corrected chi connectivity index (χ0v) is 12.2. The summed E-state index contributed by atoms with van der Waals surface area (Å²) in [6, 6.07) is 14.2. The maximum atomic E-state index is 12.3. The number of carbonyl (C=O) groups is 1. The Morgan fingerprint density at radius 2 is 1.77 bits per heavy atom. The maximum Gasteiger partial charge on any atom is 0.283 e. The monoisotopic (exact) mass is 318 g/mol. The summed E-state index contributed by atoms with van der Waals surface area (Å²) in [5.74, 6) is -1.64. The third-order valence-electron chi connectivity index (χ3n) is 2.75. The van der Waals surface area contributed by atoms with Crippen LogP contribution in [0.1, 0.15) is 5.56 Å². The molecule has 0 radical (unpaired) electrons. The number of hydrogen-bond donors (Lipinski definition) is 3. The predicted molar refractivity (Wildman–Crippen MR) is 83.5 cm³/mol. The second kappa shape index (κ2) is 6.31. The van der Waals surface area contributed by atoms with Gasteiger partial charge in [0.25, 0.3) is 15.9 Å². The fourth-order valence-corrected chi connectivity index (χ4v) is 2.83. The summed E-state index contributed by atoms with van der Waals surface area (Å²) in [5, 5.41) is 9.33. The molecule has 2 rings (SSSR count). The second-order valence-electron chi connectivity index (χ2n) is 4.44. The number of aliphatic hydroxyl groups is 1. The van der Waals surface area contributed by atoms with Gasteiger partial charge in [-0.25, -0.2) is 8.42 Å². The molecule has 22 heavy (non-hydrogen) atoms. The molecule has 114 valence electrons. The predicted octanol–water partition coefficient (Wildman–Crippen LogP) is 1.87. The van der Waals surface area contributed by atoms with E-state index in [9.17, 15) is 18.3 Å². The molecule has 6 nitrogen and oxygen atoms in total. The number of anilines is 1. The van der Waals surface area contributed by atoms with Crippen LogP contribution in [0.3, 0.4) is 0 Å². The summed E-state index contributed by atoms with van der Waals surface area (Å²) in [5.41, 5.74) is 5.70. The highest BCUT2D eigenvalue weighted by Crippen LogP contribution is 2.18. The van der Waals surface area contributed by atoms with E-state index in [1.165, 1.54) is 18.2 Å². The number of benzene rings is 2. The van der Waals surface area contributed by atoms with Crippen molar-refractivity contribution in [3.63, 3.8) is 0 Å². The first kappa shape index (κ1) is 15.6. The van der Waals surface area contributed by atoms with Gasteiger partial charge in [0, 0.05) is 5.69 Å². The van der Waals surface area contributed by atoms with Crippen LogP contribution in [0.15, 0.2) is 65.3 Å². The Balaban J connectivity index is 2.32. The Kier molecular flexibility index (Phi) is 4.47. The molecule has 0 heterocycles. The molecule has 0 aliphatic carbocycles. The molecule has 0 aliphatic rings. The zero-order valence-electron chi connectivity index (χ0n) is 11.4. The van der Waals surface area contributed by atoms with E-state index in [4.69, 9.17) is 5.73 Å². The molecule has 7 heteroatoms. The number of amides is 1. The van der Waals surface area contributed by atoms with E-state index < -0.39 is 21.7 Å². The number of hydrogen-bond acceptors (Lipinski definition) is 4. The highest BCUT2D eigenvalue weighted by molar-refractivity contribution is 7.92. The molecular weight excluding hydrogens is 304 g/mol. The standard InChI is InChI=1S/C15H14N2O4S/c16-15(19)14(18)10-11-5-4-8-13(9-11)22(20,21)17-12-6-2-1-3-7-12/h1-10,17-18H,(H2,16,19)/b14-10+. The second-order valence-corrected chi connectivity index (χ2v) is 6.12. The van der Waals surface area contributed by atoms with Crippen molar-refractivity contribution >= 4 is 27.7 Å². The molecule has 0 spiro atoms. The molecule has 2 aromatic carbocycles. The van der Waals surface area contributed by atoms with Gasteiger partial charge >= 0.3 is 0 Å². The minimum Gasteiger partial charge on any atom is -0.503 e. The lowest BCUT2D eigenvalue weighted by Gasteiger charge is -2.08. The number of primary amides is 1. The highest BCUT2D eigenvalue weighted by atomic mass is 32.2. The first-order valence-corrected chi connectivity index (χ1v) is 7.75. The molecule has 4 N–H and O–H groups in total. The van der Waals surface area contributed by atoms with Gasteiger partial charge < -0.3 is 10.8 Å². The molecule has 0 aromatic heterocycles. The molecule has 0 saturated carbocycles. The van der Waals surface area contributed by atoms with Gasteiger partial charge in [0.1, 0.15) is 0 Å². The lowest BCUT2D eigenvalue weighted by Crippen LogP contribution is -2.14. The number of sulfonamides is 1. The van der Waals surface area contributed by atoms with E-state index in [1.807, 2.05) is 0 Å². The molecule has 0 unspecified atom stereocenters. The summed E-state index contributed by atoms with van der Waals surface area (Å²) in [6.45, 7) is 0. The minimum atomic E-state index is -3.77. The van der Waals surface area contributed by atoms with Crippen LogP contribution in [0, 0.1) is 0 Å². The van der Waals surface area contributed by atoms with E-state index in [-0.39, 0.29) is 4.90 Å². The Morgan fingerprint density at radius 1 is 1.09 bits per heavy atom. The molecule has 0 aliphatic heterocycles. The summed E-state index contributed by atoms with van der Waals surface area (Å²) in [4.78, 5) is 10.8. The topological polar surface area (TPSA) is 109 Å². The Morgan fingerprint density at radius 3 is 2.41 bits per heavy atom. The minimum absolute atomic E-state index is 0.00220. The number of rotatable bonds is 5. The van der Waals surface area contributed by atoms with Gasteiger partial charge in [0.15, 0.2) is 5.76 Å². The van der Waals surface area contributed by atoms with Gasteiger partial charge in [0.05, 0.1) is 4.90 Å². The average Bonchev–Trinajstić information content (AvgIpc) is 2.48. The molecular formula is C15H14N2O4S. The van der Waals surface area contributed by atoms with Crippen molar-refractivity contribution in [2.24, 2.45) is 5.73 Å². The first-order valence-electron chi connectivity index (χ1n) is 6.27. The van der Waals surface area contributed by atoms with E-state index in [0.29, 0.717) is 11.3 Å². The molecule has 0 fully saturated rings. The molecule has 0 bridgehead atoms. The van der Waals surface area contributed by atoms with Gasteiger partial charge in [-0.3, -0.25) is 9.52 Å². The van der Waals surface area contributed by atoms with Gasteiger partial charge in [-0.2, -0.15) is 0 Å². The van der Waals surface area contributed by atoms with Crippen LogP contribution < -0.4 is 10.5 Å². The summed E-state index contributed by atoms with van der Waals surface area (Å²) in [6.07, 6.45) is 1.10. The molecule has 2 aromatic rings. The number of aliphatic hydroxyl groups excluding tert-OH is 1. The number of carbonyl (C=O) groups excluding carboxylic acids is 1. The maximum absolute atomic E-state index is 12.3. The average molecular weight is 318 g/mol. The lowest BCUT2D eigenvalue weighted by molar-refractivity contribution is -0.116. The lowest BCUT2D eigenvalue weighted by atomic mass is 10.2. The molecule has 1 amide bonds. The van der Waals surface area contributed by atoms with Crippen molar-refractivity contribution in [3.05, 3.63) is 65.9 Å². The summed E-state index contributed by atoms with van der Waals surface area (Å²) >= 11 is 0. The van der Waals surface area contributed by atoms with Crippen LogP contribution in [0.4, 0.5) is 5.69 Å². The van der Waals surface area contributed by atoms with Crippen molar-refractivity contribution in [1.82, 2.24) is 0 Å². The van der Waals surface area contributed by atoms with Crippen molar-refractivity contribution in [2.45, 2.75) is 4.90 Å². The molecule has 0 atom stereocenters. The van der Waals surface area contributed by atoms with Gasteiger partial charge in [-0.15, -0.1) is 0 Å². The Labute approximate surface area is 128 Å². The van der Waals surface area contributed by atoms with Gasteiger partial charge in [-0.1, -0.05) is 30.3 Å². The Hall–Kier alpha value is -2.80. The van der Waals surface area contributed by atoms with Crippen LogP contribution in [0.5, 0.6) is 0 Å². The van der Waals surface area contributed by atoms with Crippen molar-refractivity contribution < 1.29 is 18.3 Å². The summed E-state index contributed by atoms with van der Waals surface area (Å²) < 4.78 is 27.0. The third kappa shape index (κ3) is 3.86. The van der Waals surface area contributed by atoms with E-state index in [1.54, 1.807) is 36.4 Å². The van der Waals surface area contributed by atoms with Crippen molar-refractivity contribution in [2.75, 3.05) is 4.72 Å². The van der Waals surface area contributed by atoms with E-state index >= 15 is 0 Å². The number of nitrogens with two attached hydrogens (primary N) is 1. The SMILES string of the molecule is NC(=O)/C(O)=C\c1cccc(S(=O)(=O)Nc2ccccc2)c1. The van der Waals surface area contributed by atoms with Crippen LogP contribution in [0.2, 0.25) is 0 Å². The Bertz CT molecular complexity index is 814. The third-order valence-corrected chi connectivity index (χ3v) is 4.13. The summed E-state index contributed by atoms with van der Waals surface area (Å²) in [7, 11) is -3.77. The van der Waals surface area contributed by atoms with Gasteiger partial charge in [0.2, 0.25) is 0 Å². The quantitative estimate of drug-likeness (QED) is 0.577. The largest absolute Gasteiger partial charge is 0.503 e. The smallest absolute Gasteiger partial charge is 0.283 e. The van der Waals surface area contributed by atoms with Crippen LogP contribution in [-0.2, 0) is 14.8 Å². The van der Waals surface area contributed by atoms with E-state index in [2.05, 4.69) is 4.72 Å². The fourth-order valence-electron chi connectivity index (χ4n) is 1.72. The zero-order chi connectivity index (χ0) is 16.2. The fraction of sp³-hybridized carbons (Fsp3) is 0. The number of para-hydroxylation sites is 1. The van der Waals surface area contributed by atoms with Crippen molar-refractivity contribution in [3.8, 4) is 0 Å². The molecule has 0 saturated heterocycles. The van der Waals surface area contributed by atoms with Gasteiger partial charge in [-0.05, 0) is 35.9 Å². The van der Waals surface area contributed by atoms with Crippen LogP contribution >= 0.6 is 0 Å². The first-order chi connectivity index (χ1) is 10.4. The van der Waals surface area contributed by atoms with E-state index in [0.717, 1.165) is 6.08 Å². The van der Waals surface area contributed by atoms with Crippen LogP contribution in [0.25, 0.3) is 6.08 Å². The highest BCUT2D eigenvalue weighted by Gasteiger charge is 2.14. The van der Waals surface area contributed by atoms with Crippen LogP contribution in [-0.4, -0.2) is 19.4 Å². The van der Waals surface area contributed by atoms with Crippen molar-refractivity contribution in [1.29, 1.82) is 0 Å². The number of nitrogens with one attached hydrogen (secondary N) is 1. The normalized spacial score (nSPS) is 11.9.